The highest BCUT2D eigenvalue weighted by molar-refractivity contribution is 7.11. The molecule has 100 valence electrons. The van der Waals surface area contributed by atoms with Crippen LogP contribution >= 0.6 is 11.3 Å². The highest BCUT2D eigenvalue weighted by Gasteiger charge is 2.25. The fourth-order valence-corrected chi connectivity index (χ4v) is 3.68. The molecule has 1 aromatic rings. The Labute approximate surface area is 113 Å². The van der Waals surface area contributed by atoms with Crippen molar-refractivity contribution in [1.29, 1.82) is 0 Å². The van der Waals surface area contributed by atoms with Crippen LogP contribution in [0.15, 0.2) is 0 Å². The summed E-state index contributed by atoms with van der Waals surface area (Å²) in [6, 6.07) is 0.769. The molecule has 1 aliphatic carbocycles. The lowest BCUT2D eigenvalue weighted by Crippen LogP contribution is -2.15. The van der Waals surface area contributed by atoms with E-state index in [4.69, 9.17) is 9.72 Å². The number of rotatable bonds is 5. The number of nitrogens with one attached hydrogen (secondary N) is 1. The molecular weight excluding hydrogens is 244 g/mol. The Hall–Kier alpha value is -0.450. The van der Waals surface area contributed by atoms with Crippen LogP contribution in [0.1, 0.15) is 60.5 Å². The average Bonchev–Trinajstić information content (AvgIpc) is 2.87. The monoisotopic (exact) mass is 266 g/mol. The molecule has 1 saturated carbocycles. The molecular formula is C14H22N2OS. The fraction of sp³-hybridized carbons (Fsp3) is 0.786. The number of hydrogen-bond donors (Lipinski definition) is 1. The van der Waals surface area contributed by atoms with Crippen molar-refractivity contribution in [3.63, 3.8) is 0 Å². The van der Waals surface area contributed by atoms with Gasteiger partial charge >= 0.3 is 0 Å². The standard InChI is InChI=1S/C14H22N2OS/c1-9(2)13-12(7-15-11-3-4-11)18-14(16-13)10-5-6-17-8-10/h9-11,15H,3-8H2,1-2H3. The third kappa shape index (κ3) is 2.76. The largest absolute Gasteiger partial charge is 0.381 e. The molecule has 1 aliphatic heterocycles. The van der Waals surface area contributed by atoms with E-state index in [1.807, 2.05) is 11.3 Å². The van der Waals surface area contributed by atoms with Gasteiger partial charge in [-0.1, -0.05) is 13.8 Å². The van der Waals surface area contributed by atoms with Crippen molar-refractivity contribution in [2.45, 2.75) is 57.5 Å². The van der Waals surface area contributed by atoms with E-state index in [0.29, 0.717) is 11.8 Å². The molecule has 1 aromatic heterocycles. The van der Waals surface area contributed by atoms with Crippen LogP contribution in [0.2, 0.25) is 0 Å². The summed E-state index contributed by atoms with van der Waals surface area (Å²) in [6.07, 6.45) is 3.83. The zero-order valence-corrected chi connectivity index (χ0v) is 12.1. The lowest BCUT2D eigenvalue weighted by molar-refractivity contribution is 0.194. The van der Waals surface area contributed by atoms with Gasteiger partial charge in [0.05, 0.1) is 17.3 Å². The number of thiazole rings is 1. The van der Waals surface area contributed by atoms with E-state index >= 15 is 0 Å². The van der Waals surface area contributed by atoms with E-state index in [1.165, 1.54) is 28.4 Å². The second-order valence-electron chi connectivity index (χ2n) is 5.73. The molecule has 1 saturated heterocycles. The van der Waals surface area contributed by atoms with Crippen LogP contribution < -0.4 is 5.32 Å². The summed E-state index contributed by atoms with van der Waals surface area (Å²) in [5.74, 6) is 1.07. The highest BCUT2D eigenvalue weighted by atomic mass is 32.1. The average molecular weight is 266 g/mol. The number of ether oxygens (including phenoxy) is 1. The molecule has 3 rings (SSSR count). The maximum Gasteiger partial charge on any atom is 0.0986 e. The quantitative estimate of drug-likeness (QED) is 0.889. The van der Waals surface area contributed by atoms with Crippen molar-refractivity contribution in [3.8, 4) is 0 Å². The smallest absolute Gasteiger partial charge is 0.0986 e. The molecule has 1 unspecified atom stereocenters. The van der Waals surface area contributed by atoms with E-state index in [9.17, 15) is 0 Å². The first-order valence-electron chi connectivity index (χ1n) is 7.04. The molecule has 0 radical (unpaired) electrons. The van der Waals surface area contributed by atoms with Gasteiger partial charge in [0.1, 0.15) is 0 Å². The first-order chi connectivity index (χ1) is 8.74. The van der Waals surface area contributed by atoms with Crippen molar-refractivity contribution in [2.75, 3.05) is 13.2 Å². The zero-order chi connectivity index (χ0) is 12.5. The van der Waals surface area contributed by atoms with Crippen LogP contribution in [0.3, 0.4) is 0 Å². The summed E-state index contributed by atoms with van der Waals surface area (Å²) >= 11 is 1.90. The van der Waals surface area contributed by atoms with Crippen molar-refractivity contribution >= 4 is 11.3 Å². The minimum Gasteiger partial charge on any atom is -0.381 e. The normalized spacial score (nSPS) is 24.1. The van der Waals surface area contributed by atoms with E-state index in [0.717, 1.165) is 32.2 Å². The molecule has 4 heteroatoms. The van der Waals surface area contributed by atoms with E-state index < -0.39 is 0 Å². The third-order valence-corrected chi connectivity index (χ3v) is 4.93. The summed E-state index contributed by atoms with van der Waals surface area (Å²) in [5, 5.41) is 4.91. The fourth-order valence-electron chi connectivity index (χ4n) is 2.39. The Morgan fingerprint density at radius 1 is 1.39 bits per heavy atom. The van der Waals surface area contributed by atoms with Gasteiger partial charge in [0.15, 0.2) is 0 Å². The van der Waals surface area contributed by atoms with Gasteiger partial charge < -0.3 is 10.1 Å². The first kappa shape index (κ1) is 12.6. The lowest BCUT2D eigenvalue weighted by Gasteiger charge is -2.05. The Balaban J connectivity index is 1.75. The molecule has 0 aromatic carbocycles. The van der Waals surface area contributed by atoms with Gasteiger partial charge in [-0.3, -0.25) is 0 Å². The topological polar surface area (TPSA) is 34.1 Å². The second kappa shape index (κ2) is 5.27. The summed E-state index contributed by atoms with van der Waals surface area (Å²) in [5.41, 5.74) is 1.30. The lowest BCUT2D eigenvalue weighted by atomic mass is 10.1. The van der Waals surface area contributed by atoms with Crippen LogP contribution in [-0.4, -0.2) is 24.2 Å². The molecule has 2 fully saturated rings. The Morgan fingerprint density at radius 2 is 2.22 bits per heavy atom. The molecule has 18 heavy (non-hydrogen) atoms. The Morgan fingerprint density at radius 3 is 2.83 bits per heavy atom. The molecule has 2 heterocycles. The highest BCUT2D eigenvalue weighted by Crippen LogP contribution is 2.33. The molecule has 1 N–H and O–H groups in total. The molecule has 1 atom stereocenters. The van der Waals surface area contributed by atoms with Gasteiger partial charge in [-0.25, -0.2) is 4.98 Å². The second-order valence-corrected chi connectivity index (χ2v) is 6.85. The maximum atomic E-state index is 5.48. The molecule has 0 amide bonds. The predicted octanol–water partition coefficient (Wildman–Crippen LogP) is 3.02. The maximum absolute atomic E-state index is 5.48. The SMILES string of the molecule is CC(C)c1nc(C2CCOC2)sc1CNC1CC1. The zero-order valence-electron chi connectivity index (χ0n) is 11.2. The predicted molar refractivity (Wildman–Crippen MR) is 74.2 cm³/mol. The van der Waals surface area contributed by atoms with Gasteiger partial charge in [-0.05, 0) is 25.2 Å². The van der Waals surface area contributed by atoms with Crippen LogP contribution in [0.4, 0.5) is 0 Å². The summed E-state index contributed by atoms with van der Waals surface area (Å²) < 4.78 is 5.48. The number of nitrogens with zero attached hydrogens (tertiary/aromatic N) is 1. The third-order valence-electron chi connectivity index (χ3n) is 3.70. The van der Waals surface area contributed by atoms with Gasteiger partial charge in [-0.2, -0.15) is 0 Å². The van der Waals surface area contributed by atoms with Crippen molar-refractivity contribution in [1.82, 2.24) is 10.3 Å². The van der Waals surface area contributed by atoms with Gasteiger partial charge in [0.2, 0.25) is 0 Å². The molecule has 2 aliphatic rings. The van der Waals surface area contributed by atoms with Crippen LogP contribution in [0, 0.1) is 0 Å². The summed E-state index contributed by atoms with van der Waals surface area (Å²) in [7, 11) is 0. The first-order valence-corrected chi connectivity index (χ1v) is 7.86. The van der Waals surface area contributed by atoms with E-state index in [2.05, 4.69) is 19.2 Å². The summed E-state index contributed by atoms with van der Waals surface area (Å²) in [6.45, 7) is 7.25. The number of aromatic nitrogens is 1. The minimum absolute atomic E-state index is 0.522. The van der Waals surface area contributed by atoms with Crippen molar-refractivity contribution in [2.24, 2.45) is 0 Å². The Kier molecular flexibility index (Phi) is 3.68. The summed E-state index contributed by atoms with van der Waals surface area (Å²) in [4.78, 5) is 6.33. The Bertz CT molecular complexity index is 406. The van der Waals surface area contributed by atoms with Crippen molar-refractivity contribution in [3.05, 3.63) is 15.6 Å². The van der Waals surface area contributed by atoms with Crippen molar-refractivity contribution < 1.29 is 4.74 Å². The molecule has 0 bridgehead atoms. The molecule has 3 nitrogen and oxygen atoms in total. The van der Waals surface area contributed by atoms with Gasteiger partial charge in [-0.15, -0.1) is 11.3 Å². The van der Waals surface area contributed by atoms with Crippen LogP contribution in [0.5, 0.6) is 0 Å². The van der Waals surface area contributed by atoms with Gasteiger partial charge in [0.25, 0.3) is 0 Å². The van der Waals surface area contributed by atoms with E-state index in [1.54, 1.807) is 0 Å². The van der Waals surface area contributed by atoms with E-state index in [-0.39, 0.29) is 0 Å². The van der Waals surface area contributed by atoms with Gasteiger partial charge in [0, 0.05) is 30.0 Å². The molecule has 0 spiro atoms. The van der Waals surface area contributed by atoms with Crippen LogP contribution in [0.25, 0.3) is 0 Å². The minimum atomic E-state index is 0.522. The van der Waals surface area contributed by atoms with Crippen LogP contribution in [-0.2, 0) is 11.3 Å². The number of hydrogen-bond acceptors (Lipinski definition) is 4.